The molecule has 26 heavy (non-hydrogen) atoms. The number of para-hydroxylation sites is 1. The van der Waals surface area contributed by atoms with Crippen LogP contribution in [0.25, 0.3) is 0 Å². The van der Waals surface area contributed by atoms with Crippen LogP contribution in [0.4, 0.5) is 0 Å². The Labute approximate surface area is 154 Å². The maximum Gasteiger partial charge on any atom is 0.257 e. The van der Waals surface area contributed by atoms with Gasteiger partial charge in [-0.2, -0.15) is 0 Å². The molecular weight excluding hydrogens is 322 g/mol. The zero-order valence-electron chi connectivity index (χ0n) is 14.7. The highest BCUT2D eigenvalue weighted by atomic mass is 16.5. The highest BCUT2D eigenvalue weighted by Crippen LogP contribution is 2.27. The normalized spacial score (nSPS) is 10.5. The largest absolute Gasteiger partial charge is 0.484 e. The summed E-state index contributed by atoms with van der Waals surface area (Å²) in [5, 5.41) is 2.96. The number of amides is 1. The van der Waals surface area contributed by atoms with Gasteiger partial charge in [0.05, 0.1) is 0 Å². The number of benzene rings is 3. The van der Waals surface area contributed by atoms with Gasteiger partial charge in [0.25, 0.3) is 5.91 Å². The molecule has 0 fully saturated rings. The lowest BCUT2D eigenvalue weighted by atomic mass is 9.88. The highest BCUT2D eigenvalue weighted by molar-refractivity contribution is 5.77. The lowest BCUT2D eigenvalue weighted by Crippen LogP contribution is -2.30. The van der Waals surface area contributed by atoms with E-state index in [9.17, 15) is 4.79 Å². The van der Waals surface area contributed by atoms with E-state index in [4.69, 9.17) is 4.74 Å². The van der Waals surface area contributed by atoms with Gasteiger partial charge in [0.2, 0.25) is 0 Å². The van der Waals surface area contributed by atoms with Crippen LogP contribution in [0.1, 0.15) is 23.5 Å². The summed E-state index contributed by atoms with van der Waals surface area (Å²) in [5.41, 5.74) is 2.52. The second-order valence-electron chi connectivity index (χ2n) is 6.11. The Morgan fingerprint density at radius 2 is 1.27 bits per heavy atom. The molecule has 3 nitrogen and oxygen atoms in total. The summed E-state index contributed by atoms with van der Waals surface area (Å²) in [5.74, 6) is 0.857. The molecule has 0 aliphatic heterocycles. The van der Waals surface area contributed by atoms with Crippen LogP contribution in [0.5, 0.6) is 5.75 Å². The summed E-state index contributed by atoms with van der Waals surface area (Å²) in [6, 6.07) is 30.2. The summed E-state index contributed by atoms with van der Waals surface area (Å²) in [6.45, 7) is 0.636. The molecule has 0 aliphatic carbocycles. The minimum atomic E-state index is -0.103. The van der Waals surface area contributed by atoms with Crippen molar-refractivity contribution >= 4 is 5.91 Å². The van der Waals surface area contributed by atoms with Gasteiger partial charge in [0.15, 0.2) is 6.61 Å². The average molecular weight is 345 g/mol. The highest BCUT2D eigenvalue weighted by Gasteiger charge is 2.14. The maximum absolute atomic E-state index is 12.0. The third kappa shape index (κ3) is 5.21. The summed E-state index contributed by atoms with van der Waals surface area (Å²) < 4.78 is 5.48. The number of hydrogen-bond acceptors (Lipinski definition) is 2. The Hall–Kier alpha value is -3.07. The van der Waals surface area contributed by atoms with E-state index < -0.39 is 0 Å². The Balaban J connectivity index is 1.54. The molecule has 1 amide bonds. The van der Waals surface area contributed by atoms with Crippen LogP contribution in [0.3, 0.4) is 0 Å². The van der Waals surface area contributed by atoms with Gasteiger partial charge < -0.3 is 10.1 Å². The second kappa shape index (κ2) is 9.42. The standard InChI is InChI=1S/C23H23NO2/c25-23(18-26-21-14-8-3-9-15-21)24-17-16-22(19-10-4-1-5-11-19)20-12-6-2-7-13-20/h1-15,22H,16-18H2,(H,24,25). The molecule has 0 aromatic heterocycles. The lowest BCUT2D eigenvalue weighted by molar-refractivity contribution is -0.123. The van der Waals surface area contributed by atoms with E-state index in [1.807, 2.05) is 42.5 Å². The number of rotatable bonds is 8. The molecule has 0 radical (unpaired) electrons. The molecule has 0 saturated carbocycles. The van der Waals surface area contributed by atoms with Gasteiger partial charge in [0, 0.05) is 12.5 Å². The van der Waals surface area contributed by atoms with E-state index >= 15 is 0 Å². The summed E-state index contributed by atoms with van der Waals surface area (Å²) in [7, 11) is 0. The monoisotopic (exact) mass is 345 g/mol. The fourth-order valence-corrected chi connectivity index (χ4v) is 2.97. The van der Waals surface area contributed by atoms with E-state index in [0.717, 1.165) is 6.42 Å². The van der Waals surface area contributed by atoms with Crippen LogP contribution >= 0.6 is 0 Å². The maximum atomic E-state index is 12.0. The Morgan fingerprint density at radius 1 is 0.769 bits per heavy atom. The zero-order chi connectivity index (χ0) is 18.0. The first kappa shape index (κ1) is 17.7. The SMILES string of the molecule is O=C(COc1ccccc1)NCCC(c1ccccc1)c1ccccc1. The van der Waals surface area contributed by atoms with Crippen LogP contribution < -0.4 is 10.1 Å². The van der Waals surface area contributed by atoms with E-state index in [0.29, 0.717) is 12.3 Å². The molecule has 132 valence electrons. The van der Waals surface area contributed by atoms with Crippen molar-refractivity contribution in [3.8, 4) is 5.75 Å². The van der Waals surface area contributed by atoms with E-state index in [1.165, 1.54) is 11.1 Å². The van der Waals surface area contributed by atoms with Crippen LogP contribution in [0.15, 0.2) is 91.0 Å². The van der Waals surface area contributed by atoms with Crippen molar-refractivity contribution in [1.82, 2.24) is 5.32 Å². The first-order valence-electron chi connectivity index (χ1n) is 8.87. The van der Waals surface area contributed by atoms with Crippen molar-refractivity contribution in [3.63, 3.8) is 0 Å². The summed E-state index contributed by atoms with van der Waals surface area (Å²) in [6.07, 6.45) is 0.838. The quantitative estimate of drug-likeness (QED) is 0.657. The predicted octanol–water partition coefficient (Wildman–Crippen LogP) is 4.40. The molecule has 3 heteroatoms. The van der Waals surface area contributed by atoms with E-state index in [-0.39, 0.29) is 18.4 Å². The molecule has 0 atom stereocenters. The summed E-state index contributed by atoms with van der Waals surface area (Å²) in [4.78, 5) is 12.0. The van der Waals surface area contributed by atoms with Gasteiger partial charge in [-0.15, -0.1) is 0 Å². The first-order valence-corrected chi connectivity index (χ1v) is 8.87. The van der Waals surface area contributed by atoms with Crippen molar-refractivity contribution in [3.05, 3.63) is 102 Å². The van der Waals surface area contributed by atoms with Gasteiger partial charge in [-0.1, -0.05) is 78.9 Å². The van der Waals surface area contributed by atoms with E-state index in [2.05, 4.69) is 53.8 Å². The van der Waals surface area contributed by atoms with Crippen molar-refractivity contribution in [2.75, 3.05) is 13.2 Å². The Bertz CT molecular complexity index is 749. The lowest BCUT2D eigenvalue weighted by Gasteiger charge is -2.18. The number of ether oxygens (including phenoxy) is 1. The molecule has 3 rings (SSSR count). The van der Waals surface area contributed by atoms with Gasteiger partial charge >= 0.3 is 0 Å². The van der Waals surface area contributed by atoms with Crippen molar-refractivity contribution in [1.29, 1.82) is 0 Å². The number of carbonyl (C=O) groups is 1. The van der Waals surface area contributed by atoms with Crippen LogP contribution in [0.2, 0.25) is 0 Å². The molecule has 0 heterocycles. The third-order valence-corrected chi connectivity index (χ3v) is 4.27. The van der Waals surface area contributed by atoms with Crippen molar-refractivity contribution < 1.29 is 9.53 Å². The predicted molar refractivity (Wildman–Crippen MR) is 104 cm³/mol. The van der Waals surface area contributed by atoms with Crippen molar-refractivity contribution in [2.45, 2.75) is 12.3 Å². The molecule has 3 aromatic rings. The Morgan fingerprint density at radius 3 is 1.81 bits per heavy atom. The summed E-state index contributed by atoms with van der Waals surface area (Å²) >= 11 is 0. The molecule has 1 N–H and O–H groups in total. The first-order chi connectivity index (χ1) is 12.8. The molecular formula is C23H23NO2. The molecule has 0 aliphatic rings. The minimum Gasteiger partial charge on any atom is -0.484 e. The smallest absolute Gasteiger partial charge is 0.257 e. The van der Waals surface area contributed by atoms with Crippen LogP contribution in [-0.2, 0) is 4.79 Å². The van der Waals surface area contributed by atoms with Gasteiger partial charge in [0.1, 0.15) is 5.75 Å². The van der Waals surface area contributed by atoms with Crippen LogP contribution in [-0.4, -0.2) is 19.1 Å². The number of hydrogen-bond donors (Lipinski definition) is 1. The van der Waals surface area contributed by atoms with Crippen LogP contribution in [0, 0.1) is 0 Å². The third-order valence-electron chi connectivity index (χ3n) is 4.27. The number of carbonyl (C=O) groups excluding carboxylic acids is 1. The molecule has 3 aromatic carbocycles. The van der Waals surface area contributed by atoms with Gasteiger partial charge in [-0.3, -0.25) is 4.79 Å². The molecule has 0 bridgehead atoms. The fraction of sp³-hybridized carbons (Fsp3) is 0.174. The average Bonchev–Trinajstić information content (AvgIpc) is 2.72. The van der Waals surface area contributed by atoms with Gasteiger partial charge in [-0.25, -0.2) is 0 Å². The molecule has 0 unspecified atom stereocenters. The fourth-order valence-electron chi connectivity index (χ4n) is 2.97. The molecule has 0 saturated heterocycles. The molecule has 0 spiro atoms. The topological polar surface area (TPSA) is 38.3 Å². The zero-order valence-corrected chi connectivity index (χ0v) is 14.7. The number of nitrogens with one attached hydrogen (secondary N) is 1. The second-order valence-corrected chi connectivity index (χ2v) is 6.11. The van der Waals surface area contributed by atoms with Gasteiger partial charge in [-0.05, 0) is 29.7 Å². The van der Waals surface area contributed by atoms with E-state index in [1.54, 1.807) is 0 Å². The minimum absolute atomic E-state index is 0.0331. The van der Waals surface area contributed by atoms with Crippen molar-refractivity contribution in [2.24, 2.45) is 0 Å². The Kier molecular flexibility index (Phi) is 6.43.